The maximum absolute atomic E-state index is 12.3. The summed E-state index contributed by atoms with van der Waals surface area (Å²) >= 11 is 6.34. The number of hydrazine groups is 1. The number of sulfone groups is 1. The average Bonchev–Trinajstić information content (AvgIpc) is 2.71. The molecule has 2 unspecified atom stereocenters. The topological polar surface area (TPSA) is 90.0 Å². The molecule has 3 N–H and O–H groups in total. The van der Waals surface area contributed by atoms with E-state index < -0.39 is 15.1 Å². The lowest BCUT2D eigenvalue weighted by Gasteiger charge is -2.29. The molecule has 0 bridgehead atoms. The first-order chi connectivity index (χ1) is 9.90. The van der Waals surface area contributed by atoms with Crippen LogP contribution in [0, 0.1) is 0 Å². The van der Waals surface area contributed by atoms with E-state index in [9.17, 15) is 8.42 Å². The molecular formula is C13H23ClN4O2S. The van der Waals surface area contributed by atoms with Gasteiger partial charge in [-0.3, -0.25) is 16.0 Å². The van der Waals surface area contributed by atoms with Gasteiger partial charge in [-0.25, -0.2) is 8.42 Å². The summed E-state index contributed by atoms with van der Waals surface area (Å²) in [5.41, 5.74) is 4.34. The van der Waals surface area contributed by atoms with E-state index in [4.69, 9.17) is 17.4 Å². The molecule has 1 saturated heterocycles. The Morgan fingerprint density at radius 1 is 1.52 bits per heavy atom. The van der Waals surface area contributed by atoms with Gasteiger partial charge in [0.2, 0.25) is 0 Å². The molecule has 1 aliphatic rings. The molecule has 0 amide bonds. The highest BCUT2D eigenvalue weighted by atomic mass is 35.5. The normalized spacial score (nSPS) is 23.1. The van der Waals surface area contributed by atoms with Crippen molar-refractivity contribution >= 4 is 21.4 Å². The molecule has 2 atom stereocenters. The molecule has 0 aromatic carbocycles. The van der Waals surface area contributed by atoms with Crippen LogP contribution in [0.4, 0.5) is 0 Å². The average molecular weight is 335 g/mol. The summed E-state index contributed by atoms with van der Waals surface area (Å²) in [5, 5.41) is 4.53. The molecule has 2 rings (SSSR count). The zero-order valence-electron chi connectivity index (χ0n) is 12.5. The fourth-order valence-corrected chi connectivity index (χ4v) is 5.46. The molecule has 6 nitrogen and oxygen atoms in total. The number of halogens is 1. The minimum Gasteiger partial charge on any atom is -0.271 e. The number of hydrogen-bond donors (Lipinski definition) is 2. The number of nitrogens with zero attached hydrogens (tertiary/aromatic N) is 2. The fraction of sp³-hybridized carbons (Fsp3) is 0.769. The summed E-state index contributed by atoms with van der Waals surface area (Å²) in [5.74, 6) is 5.87. The third-order valence-electron chi connectivity index (χ3n) is 4.21. The first-order valence-electron chi connectivity index (χ1n) is 7.28. The second kappa shape index (κ2) is 6.64. The summed E-state index contributed by atoms with van der Waals surface area (Å²) in [4.78, 5) is 0. The summed E-state index contributed by atoms with van der Waals surface area (Å²) in [6, 6.07) is -0.340. The van der Waals surface area contributed by atoms with Gasteiger partial charge in [0.15, 0.2) is 9.84 Å². The molecule has 0 spiro atoms. The summed E-state index contributed by atoms with van der Waals surface area (Å²) < 4.78 is 26.2. The number of hydrogen-bond acceptors (Lipinski definition) is 5. The van der Waals surface area contributed by atoms with Crippen LogP contribution in [-0.2, 0) is 29.7 Å². The van der Waals surface area contributed by atoms with E-state index in [1.165, 1.54) is 0 Å². The highest BCUT2D eigenvalue weighted by Gasteiger charge is 2.36. The Morgan fingerprint density at radius 3 is 2.76 bits per heavy atom. The van der Waals surface area contributed by atoms with Crippen molar-refractivity contribution in [1.82, 2.24) is 15.2 Å². The summed E-state index contributed by atoms with van der Waals surface area (Å²) in [6.07, 6.45) is 3.51. The van der Waals surface area contributed by atoms with Crippen molar-refractivity contribution in [3.8, 4) is 0 Å². The Hall–Kier alpha value is -0.630. The lowest BCUT2D eigenvalue weighted by atomic mass is 10.0. The molecule has 0 saturated carbocycles. The van der Waals surface area contributed by atoms with Crippen molar-refractivity contribution in [3.63, 3.8) is 0 Å². The van der Waals surface area contributed by atoms with Crippen molar-refractivity contribution in [2.75, 3.05) is 5.75 Å². The van der Waals surface area contributed by atoms with Crippen LogP contribution < -0.4 is 11.3 Å². The molecule has 1 aromatic rings. The van der Waals surface area contributed by atoms with Gasteiger partial charge >= 0.3 is 0 Å². The van der Waals surface area contributed by atoms with Gasteiger partial charge in [0, 0.05) is 19.5 Å². The number of aryl methyl sites for hydroxylation is 2. The van der Waals surface area contributed by atoms with E-state index in [0.29, 0.717) is 17.9 Å². The predicted molar refractivity (Wildman–Crippen MR) is 83.8 cm³/mol. The maximum atomic E-state index is 12.3. The third kappa shape index (κ3) is 3.41. The van der Waals surface area contributed by atoms with Crippen molar-refractivity contribution in [2.24, 2.45) is 12.9 Å². The predicted octanol–water partition coefficient (Wildman–Crippen LogP) is 0.978. The standard InChI is InChI=1S/C13H23ClN4O2S/c1-3-9-13(14)11(18(2)17-9)8-10(16-15)12-6-4-5-7-21(12,19)20/h10,12,16H,3-8,15H2,1-2H3. The highest BCUT2D eigenvalue weighted by Crippen LogP contribution is 2.27. The Labute approximate surface area is 130 Å². The third-order valence-corrected chi connectivity index (χ3v) is 6.99. The Balaban J connectivity index is 2.25. The zero-order valence-corrected chi connectivity index (χ0v) is 14.0. The van der Waals surface area contributed by atoms with Crippen LogP contribution in [0.1, 0.15) is 37.6 Å². The lowest BCUT2D eigenvalue weighted by molar-refractivity contribution is 0.433. The first-order valence-corrected chi connectivity index (χ1v) is 9.38. The first kappa shape index (κ1) is 16.7. The Morgan fingerprint density at radius 2 is 2.24 bits per heavy atom. The molecule has 21 heavy (non-hydrogen) atoms. The fourth-order valence-electron chi connectivity index (χ4n) is 2.98. The lowest BCUT2D eigenvalue weighted by Crippen LogP contribution is -2.50. The quantitative estimate of drug-likeness (QED) is 0.618. The van der Waals surface area contributed by atoms with Crippen molar-refractivity contribution in [3.05, 3.63) is 16.4 Å². The molecule has 0 radical (unpaired) electrons. The van der Waals surface area contributed by atoms with E-state index in [0.717, 1.165) is 30.7 Å². The Kier molecular flexibility index (Phi) is 5.29. The molecule has 2 heterocycles. The molecule has 1 aliphatic heterocycles. The second-order valence-corrected chi connectivity index (χ2v) is 8.28. The van der Waals surface area contributed by atoms with Gasteiger partial charge in [-0.1, -0.05) is 24.9 Å². The largest absolute Gasteiger partial charge is 0.271 e. The molecule has 8 heteroatoms. The number of aromatic nitrogens is 2. The molecule has 120 valence electrons. The highest BCUT2D eigenvalue weighted by molar-refractivity contribution is 7.92. The number of nitrogens with one attached hydrogen (secondary N) is 1. The minimum absolute atomic E-state index is 0.245. The van der Waals surface area contributed by atoms with E-state index in [1.807, 2.05) is 14.0 Å². The van der Waals surface area contributed by atoms with Crippen molar-refractivity contribution in [2.45, 2.75) is 50.3 Å². The van der Waals surface area contributed by atoms with Crippen LogP contribution in [-0.4, -0.2) is 35.2 Å². The van der Waals surface area contributed by atoms with Crippen molar-refractivity contribution < 1.29 is 8.42 Å². The molecular weight excluding hydrogens is 312 g/mol. The molecule has 1 aromatic heterocycles. The number of rotatable bonds is 5. The van der Waals surface area contributed by atoms with Gasteiger partial charge in [-0.15, -0.1) is 0 Å². The van der Waals surface area contributed by atoms with Crippen LogP contribution in [0.5, 0.6) is 0 Å². The van der Waals surface area contributed by atoms with Crippen LogP contribution in [0.25, 0.3) is 0 Å². The minimum atomic E-state index is -3.09. The monoisotopic (exact) mass is 334 g/mol. The summed E-state index contributed by atoms with van der Waals surface area (Å²) in [7, 11) is -1.27. The van der Waals surface area contributed by atoms with Gasteiger partial charge in [-0.2, -0.15) is 5.10 Å². The van der Waals surface area contributed by atoms with Crippen LogP contribution in [0.3, 0.4) is 0 Å². The van der Waals surface area contributed by atoms with Crippen LogP contribution in [0.2, 0.25) is 5.02 Å². The molecule has 1 fully saturated rings. The zero-order chi connectivity index (χ0) is 15.6. The van der Waals surface area contributed by atoms with E-state index in [1.54, 1.807) is 4.68 Å². The van der Waals surface area contributed by atoms with Gasteiger partial charge in [0.1, 0.15) is 0 Å². The van der Waals surface area contributed by atoms with Crippen molar-refractivity contribution in [1.29, 1.82) is 0 Å². The van der Waals surface area contributed by atoms with E-state index in [2.05, 4.69) is 10.5 Å². The maximum Gasteiger partial charge on any atom is 0.154 e. The SMILES string of the molecule is CCc1nn(C)c(CC(NN)C2CCCCS2(=O)=O)c1Cl. The Bertz CT molecular complexity index is 600. The molecule has 0 aliphatic carbocycles. The number of nitrogens with two attached hydrogens (primary N) is 1. The smallest absolute Gasteiger partial charge is 0.154 e. The van der Waals surface area contributed by atoms with Gasteiger partial charge < -0.3 is 0 Å². The van der Waals surface area contributed by atoms with E-state index in [-0.39, 0.29) is 11.8 Å². The van der Waals surface area contributed by atoms with Crippen LogP contribution >= 0.6 is 11.6 Å². The van der Waals surface area contributed by atoms with Gasteiger partial charge in [0.25, 0.3) is 0 Å². The van der Waals surface area contributed by atoms with Gasteiger partial charge in [0.05, 0.1) is 27.4 Å². The summed E-state index contributed by atoms with van der Waals surface area (Å²) in [6.45, 7) is 1.99. The second-order valence-electron chi connectivity index (χ2n) is 5.56. The van der Waals surface area contributed by atoms with Gasteiger partial charge in [-0.05, 0) is 19.3 Å². The van der Waals surface area contributed by atoms with Crippen LogP contribution in [0.15, 0.2) is 0 Å². The van der Waals surface area contributed by atoms with E-state index >= 15 is 0 Å².